The number of anilines is 1. The molecule has 0 saturated carbocycles. The third-order valence-corrected chi connectivity index (χ3v) is 5.57. The van der Waals surface area contributed by atoms with Crippen LogP contribution < -0.4 is 14.5 Å². The first-order chi connectivity index (χ1) is 12.7. The number of hydrogen-bond donors (Lipinski definition) is 1. The molecule has 0 aliphatic heterocycles. The van der Waals surface area contributed by atoms with Crippen LogP contribution in [-0.2, 0) is 14.8 Å². The number of amides is 1. The van der Waals surface area contributed by atoms with Crippen molar-refractivity contribution in [2.24, 2.45) is 5.10 Å². The van der Waals surface area contributed by atoms with Crippen LogP contribution in [0.2, 0.25) is 5.02 Å². The summed E-state index contributed by atoms with van der Waals surface area (Å²) in [7, 11) is -2.27. The molecule has 0 radical (unpaired) electrons. The molecule has 2 aromatic carbocycles. The van der Waals surface area contributed by atoms with Gasteiger partial charge in [0.2, 0.25) is 10.0 Å². The van der Waals surface area contributed by atoms with Gasteiger partial charge in [-0.1, -0.05) is 45.7 Å². The lowest BCUT2D eigenvalue weighted by Gasteiger charge is -2.22. The summed E-state index contributed by atoms with van der Waals surface area (Å²) >= 11 is 9.42. The number of carbonyl (C=O) groups excluding carboxylic acids is 1. The second-order valence-electron chi connectivity index (χ2n) is 5.40. The smallest absolute Gasteiger partial charge is 0.260 e. The zero-order chi connectivity index (χ0) is 20.0. The molecule has 0 unspecified atom stereocenters. The molecule has 2 rings (SSSR count). The Labute approximate surface area is 171 Å². The summed E-state index contributed by atoms with van der Waals surface area (Å²) < 4.78 is 31.0. The predicted octanol–water partition coefficient (Wildman–Crippen LogP) is 3.03. The van der Waals surface area contributed by atoms with E-state index < -0.39 is 22.5 Å². The molecule has 10 heteroatoms. The summed E-state index contributed by atoms with van der Waals surface area (Å²) in [5.74, 6) is -0.202. The highest BCUT2D eigenvalue weighted by molar-refractivity contribution is 9.10. The molecule has 0 aliphatic rings. The Morgan fingerprint density at radius 3 is 2.63 bits per heavy atom. The average Bonchev–Trinajstić information content (AvgIpc) is 2.60. The number of halogens is 2. The van der Waals surface area contributed by atoms with E-state index in [1.807, 2.05) is 24.3 Å². The minimum Gasteiger partial charge on any atom is -0.495 e. The normalized spacial score (nSPS) is 11.4. The Morgan fingerprint density at radius 2 is 2.04 bits per heavy atom. The number of rotatable bonds is 7. The maximum absolute atomic E-state index is 12.2. The molecule has 0 heterocycles. The minimum absolute atomic E-state index is 0.232. The first-order valence-electron chi connectivity index (χ1n) is 7.60. The summed E-state index contributed by atoms with van der Waals surface area (Å²) in [5.41, 5.74) is 3.32. The molecular formula is C17H17BrClN3O4S. The quantitative estimate of drug-likeness (QED) is 0.493. The largest absolute Gasteiger partial charge is 0.495 e. The second kappa shape index (κ2) is 9.20. The van der Waals surface area contributed by atoms with Crippen LogP contribution >= 0.6 is 27.5 Å². The number of benzene rings is 2. The van der Waals surface area contributed by atoms with Crippen molar-refractivity contribution >= 4 is 55.4 Å². The van der Waals surface area contributed by atoms with Gasteiger partial charge in [0.1, 0.15) is 12.3 Å². The van der Waals surface area contributed by atoms with Gasteiger partial charge in [-0.3, -0.25) is 9.10 Å². The van der Waals surface area contributed by atoms with E-state index in [9.17, 15) is 13.2 Å². The van der Waals surface area contributed by atoms with Crippen molar-refractivity contribution in [3.05, 3.63) is 57.5 Å². The molecule has 0 spiro atoms. The lowest BCUT2D eigenvalue weighted by Crippen LogP contribution is -2.39. The van der Waals surface area contributed by atoms with Gasteiger partial charge >= 0.3 is 0 Å². The van der Waals surface area contributed by atoms with Crippen LogP contribution in [0.25, 0.3) is 0 Å². The number of ether oxygens (including phenoxy) is 1. The van der Waals surface area contributed by atoms with Crippen molar-refractivity contribution in [2.45, 2.75) is 0 Å². The Hall–Kier alpha value is -2.10. The average molecular weight is 475 g/mol. The summed E-state index contributed by atoms with van der Waals surface area (Å²) in [6, 6.07) is 11.8. The van der Waals surface area contributed by atoms with Gasteiger partial charge in [0.25, 0.3) is 5.91 Å². The number of carbonyl (C=O) groups is 1. The summed E-state index contributed by atoms with van der Waals surface area (Å²) in [6.45, 7) is -0.450. The standard InChI is InChI=1S/C17H17BrClN3O4S/c1-26-16-8-7-13(9-15(16)19)22(27(2,24)25)11-17(23)21-20-10-12-5-3-4-6-14(12)18/h3-10H,11H2,1-2H3,(H,21,23)/b20-10-. The molecule has 0 atom stereocenters. The molecule has 1 N–H and O–H groups in total. The molecule has 0 bridgehead atoms. The van der Waals surface area contributed by atoms with Crippen LogP contribution in [0.15, 0.2) is 52.0 Å². The second-order valence-corrected chi connectivity index (χ2v) is 8.57. The van der Waals surface area contributed by atoms with Gasteiger partial charge < -0.3 is 4.74 Å². The van der Waals surface area contributed by atoms with Crippen LogP contribution in [0.1, 0.15) is 5.56 Å². The van der Waals surface area contributed by atoms with Crippen molar-refractivity contribution in [3.8, 4) is 5.75 Å². The van der Waals surface area contributed by atoms with Crippen molar-refractivity contribution in [1.82, 2.24) is 5.43 Å². The summed E-state index contributed by atoms with van der Waals surface area (Å²) in [6.07, 6.45) is 2.46. The van der Waals surface area contributed by atoms with Gasteiger partial charge in [0.15, 0.2) is 0 Å². The molecule has 27 heavy (non-hydrogen) atoms. The maximum atomic E-state index is 12.2. The topological polar surface area (TPSA) is 88.1 Å². The minimum atomic E-state index is -3.72. The van der Waals surface area contributed by atoms with Crippen molar-refractivity contribution in [3.63, 3.8) is 0 Å². The van der Waals surface area contributed by atoms with E-state index in [4.69, 9.17) is 16.3 Å². The fourth-order valence-corrected chi connectivity index (χ4v) is 3.62. The highest BCUT2D eigenvalue weighted by Gasteiger charge is 2.21. The molecule has 0 aliphatic carbocycles. The van der Waals surface area contributed by atoms with Crippen molar-refractivity contribution in [1.29, 1.82) is 0 Å². The van der Waals surface area contributed by atoms with E-state index >= 15 is 0 Å². The number of nitrogens with zero attached hydrogens (tertiary/aromatic N) is 2. The maximum Gasteiger partial charge on any atom is 0.260 e. The Bertz CT molecular complexity index is 966. The van der Waals surface area contributed by atoms with Gasteiger partial charge in [-0.05, 0) is 24.3 Å². The molecule has 144 valence electrons. The lowest BCUT2D eigenvalue weighted by atomic mass is 10.2. The molecular weight excluding hydrogens is 458 g/mol. The van der Waals surface area contributed by atoms with Crippen LogP contribution in [0.5, 0.6) is 5.75 Å². The Morgan fingerprint density at radius 1 is 1.33 bits per heavy atom. The molecule has 0 aromatic heterocycles. The third-order valence-electron chi connectivity index (χ3n) is 3.41. The summed E-state index contributed by atoms with van der Waals surface area (Å²) in [4.78, 5) is 12.2. The highest BCUT2D eigenvalue weighted by atomic mass is 79.9. The fraction of sp³-hybridized carbons (Fsp3) is 0.176. The fourth-order valence-electron chi connectivity index (χ4n) is 2.13. The third kappa shape index (κ3) is 5.95. The van der Waals surface area contributed by atoms with Gasteiger partial charge in [-0.2, -0.15) is 5.10 Å². The summed E-state index contributed by atoms with van der Waals surface area (Å²) in [5, 5.41) is 4.09. The molecule has 2 aromatic rings. The zero-order valence-corrected chi connectivity index (χ0v) is 17.7. The molecule has 7 nitrogen and oxygen atoms in total. The Balaban J connectivity index is 2.13. The van der Waals surface area contributed by atoms with Gasteiger partial charge in [0.05, 0.1) is 30.3 Å². The number of sulfonamides is 1. The van der Waals surface area contributed by atoms with Gasteiger partial charge in [-0.15, -0.1) is 0 Å². The van der Waals surface area contributed by atoms with E-state index in [2.05, 4.69) is 26.5 Å². The molecule has 0 saturated heterocycles. The van der Waals surface area contributed by atoms with E-state index in [0.29, 0.717) is 5.75 Å². The monoisotopic (exact) mass is 473 g/mol. The van der Waals surface area contributed by atoms with Gasteiger partial charge in [-0.25, -0.2) is 13.8 Å². The van der Waals surface area contributed by atoms with Crippen molar-refractivity contribution < 1.29 is 17.9 Å². The number of hydrazone groups is 1. The van der Waals surface area contributed by atoms with Crippen LogP contribution in [-0.4, -0.2) is 40.4 Å². The lowest BCUT2D eigenvalue weighted by molar-refractivity contribution is -0.119. The van der Waals surface area contributed by atoms with Crippen LogP contribution in [0.3, 0.4) is 0 Å². The molecule has 0 fully saturated rings. The van der Waals surface area contributed by atoms with E-state index in [1.165, 1.54) is 31.5 Å². The van der Waals surface area contributed by atoms with E-state index in [-0.39, 0.29) is 10.7 Å². The SMILES string of the molecule is COc1ccc(N(CC(=O)N/N=C\c2ccccc2Br)S(C)(=O)=O)cc1Cl. The number of methoxy groups -OCH3 is 1. The number of hydrogen-bond acceptors (Lipinski definition) is 5. The van der Waals surface area contributed by atoms with E-state index in [1.54, 1.807) is 0 Å². The zero-order valence-electron chi connectivity index (χ0n) is 14.5. The van der Waals surface area contributed by atoms with Gasteiger partial charge in [0, 0.05) is 10.0 Å². The van der Waals surface area contributed by atoms with Crippen molar-refractivity contribution in [2.75, 3.05) is 24.2 Å². The predicted molar refractivity (Wildman–Crippen MR) is 110 cm³/mol. The number of nitrogens with one attached hydrogen (secondary N) is 1. The first kappa shape index (κ1) is 21.2. The van der Waals surface area contributed by atoms with Crippen LogP contribution in [0.4, 0.5) is 5.69 Å². The first-order valence-corrected chi connectivity index (χ1v) is 10.6. The van der Waals surface area contributed by atoms with Crippen LogP contribution in [0, 0.1) is 0 Å². The Kier molecular flexibility index (Phi) is 7.23. The van der Waals surface area contributed by atoms with E-state index in [0.717, 1.165) is 20.6 Å². The highest BCUT2D eigenvalue weighted by Crippen LogP contribution is 2.30. The molecule has 1 amide bonds.